The Morgan fingerprint density at radius 2 is 2.20 bits per heavy atom. The lowest BCUT2D eigenvalue weighted by Gasteiger charge is -2.17. The number of rotatable bonds is 6. The van der Waals surface area contributed by atoms with E-state index in [1.807, 2.05) is 25.4 Å². The molecule has 2 aromatic rings. The van der Waals surface area contributed by atoms with Crippen molar-refractivity contribution in [3.8, 4) is 0 Å². The molecule has 0 saturated carbocycles. The second-order valence-electron chi connectivity index (χ2n) is 4.86. The molecule has 1 aromatic heterocycles. The molecule has 5 heteroatoms. The number of aryl methyl sites for hydroxylation is 1. The number of hydrogen-bond donors (Lipinski definition) is 1. The largest absolute Gasteiger partial charge is 0.308 e. The predicted molar refractivity (Wildman–Crippen MR) is 82.0 cm³/mol. The minimum absolute atomic E-state index is 0.0277. The SMILES string of the molecule is CCCNC(Cc1cc(Br)ccc1F)c1ccn(C)n1. The van der Waals surface area contributed by atoms with E-state index in [-0.39, 0.29) is 11.9 Å². The lowest BCUT2D eigenvalue weighted by atomic mass is 10.0. The van der Waals surface area contributed by atoms with E-state index in [9.17, 15) is 4.39 Å². The topological polar surface area (TPSA) is 29.9 Å². The van der Waals surface area contributed by atoms with Gasteiger partial charge in [0.15, 0.2) is 0 Å². The molecule has 0 fully saturated rings. The van der Waals surface area contributed by atoms with Crippen molar-refractivity contribution in [1.82, 2.24) is 15.1 Å². The van der Waals surface area contributed by atoms with E-state index in [0.29, 0.717) is 12.0 Å². The minimum atomic E-state index is -0.174. The molecule has 20 heavy (non-hydrogen) atoms. The van der Waals surface area contributed by atoms with Crippen molar-refractivity contribution in [3.05, 3.63) is 52.0 Å². The first-order chi connectivity index (χ1) is 9.60. The summed E-state index contributed by atoms with van der Waals surface area (Å²) in [7, 11) is 1.89. The van der Waals surface area contributed by atoms with Crippen LogP contribution in [0.5, 0.6) is 0 Å². The van der Waals surface area contributed by atoms with E-state index in [1.165, 1.54) is 6.07 Å². The van der Waals surface area contributed by atoms with Crippen molar-refractivity contribution in [2.24, 2.45) is 7.05 Å². The van der Waals surface area contributed by atoms with E-state index < -0.39 is 0 Å². The quantitative estimate of drug-likeness (QED) is 0.871. The number of nitrogens with one attached hydrogen (secondary N) is 1. The van der Waals surface area contributed by atoms with Crippen LogP contribution in [0.3, 0.4) is 0 Å². The Morgan fingerprint density at radius 3 is 2.85 bits per heavy atom. The van der Waals surface area contributed by atoms with Crippen LogP contribution in [0.25, 0.3) is 0 Å². The van der Waals surface area contributed by atoms with E-state index in [2.05, 4.69) is 33.3 Å². The molecular weight excluding hydrogens is 321 g/mol. The molecule has 1 aromatic carbocycles. The fourth-order valence-corrected chi connectivity index (χ4v) is 2.55. The normalized spacial score (nSPS) is 12.6. The molecule has 2 rings (SSSR count). The molecule has 1 unspecified atom stereocenters. The summed E-state index contributed by atoms with van der Waals surface area (Å²) in [5, 5.41) is 7.87. The summed E-state index contributed by atoms with van der Waals surface area (Å²) in [5.74, 6) is -0.174. The van der Waals surface area contributed by atoms with Crippen LogP contribution in [0.1, 0.15) is 30.6 Å². The molecule has 0 aliphatic heterocycles. The molecule has 1 heterocycles. The van der Waals surface area contributed by atoms with E-state index in [1.54, 1.807) is 10.7 Å². The molecule has 0 aliphatic rings. The van der Waals surface area contributed by atoms with Crippen LogP contribution in [-0.4, -0.2) is 16.3 Å². The van der Waals surface area contributed by atoms with Gasteiger partial charge in [-0.1, -0.05) is 22.9 Å². The summed E-state index contributed by atoms with van der Waals surface area (Å²) in [6.07, 6.45) is 3.53. The average molecular weight is 340 g/mol. The van der Waals surface area contributed by atoms with Gasteiger partial charge < -0.3 is 5.32 Å². The van der Waals surface area contributed by atoms with Gasteiger partial charge in [0.05, 0.1) is 11.7 Å². The summed E-state index contributed by atoms with van der Waals surface area (Å²) >= 11 is 3.39. The van der Waals surface area contributed by atoms with Gasteiger partial charge in [0.2, 0.25) is 0 Å². The number of benzene rings is 1. The zero-order valence-electron chi connectivity index (χ0n) is 11.7. The highest BCUT2D eigenvalue weighted by Gasteiger charge is 2.16. The van der Waals surface area contributed by atoms with Crippen molar-refractivity contribution in [2.45, 2.75) is 25.8 Å². The smallest absolute Gasteiger partial charge is 0.126 e. The first-order valence-corrected chi connectivity index (χ1v) is 7.56. The zero-order valence-corrected chi connectivity index (χ0v) is 13.3. The molecule has 0 bridgehead atoms. The van der Waals surface area contributed by atoms with Gasteiger partial charge in [-0.3, -0.25) is 4.68 Å². The lowest BCUT2D eigenvalue weighted by Crippen LogP contribution is -2.25. The molecule has 0 saturated heterocycles. The van der Waals surface area contributed by atoms with Gasteiger partial charge in [-0.15, -0.1) is 0 Å². The summed E-state index contributed by atoms with van der Waals surface area (Å²) < 4.78 is 16.6. The molecular formula is C15H19BrFN3. The van der Waals surface area contributed by atoms with Gasteiger partial charge in [0.1, 0.15) is 5.82 Å². The third kappa shape index (κ3) is 3.90. The van der Waals surface area contributed by atoms with Crippen molar-refractivity contribution in [1.29, 1.82) is 0 Å². The Bertz CT molecular complexity index is 568. The number of nitrogens with zero attached hydrogens (tertiary/aromatic N) is 2. The van der Waals surface area contributed by atoms with Gasteiger partial charge in [-0.25, -0.2) is 4.39 Å². The lowest BCUT2D eigenvalue weighted by molar-refractivity contribution is 0.497. The number of aromatic nitrogens is 2. The molecule has 3 nitrogen and oxygen atoms in total. The maximum atomic E-state index is 13.9. The summed E-state index contributed by atoms with van der Waals surface area (Å²) in [6.45, 7) is 3.00. The predicted octanol–water partition coefficient (Wildman–Crippen LogP) is 3.61. The van der Waals surface area contributed by atoms with Gasteiger partial charge in [0, 0.05) is 17.7 Å². The van der Waals surface area contributed by atoms with Crippen LogP contribution >= 0.6 is 15.9 Å². The van der Waals surface area contributed by atoms with Crippen LogP contribution in [0.4, 0.5) is 4.39 Å². The van der Waals surface area contributed by atoms with Gasteiger partial charge in [-0.2, -0.15) is 5.10 Å². The molecule has 0 aliphatic carbocycles. The molecule has 1 atom stereocenters. The molecule has 0 amide bonds. The monoisotopic (exact) mass is 339 g/mol. The average Bonchev–Trinajstić information content (AvgIpc) is 2.85. The second kappa shape index (κ2) is 6.99. The first kappa shape index (κ1) is 15.2. The zero-order chi connectivity index (χ0) is 14.5. The fraction of sp³-hybridized carbons (Fsp3) is 0.400. The van der Waals surface area contributed by atoms with Gasteiger partial charge in [0.25, 0.3) is 0 Å². The third-order valence-electron chi connectivity index (χ3n) is 3.16. The Labute approximate surface area is 127 Å². The standard InChI is InChI=1S/C15H19BrFN3/c1-3-7-18-15(14-6-8-20(2)19-14)10-11-9-12(16)4-5-13(11)17/h4-6,8-9,15,18H,3,7,10H2,1-2H3. The Morgan fingerprint density at radius 1 is 1.40 bits per heavy atom. The van der Waals surface area contributed by atoms with Crippen molar-refractivity contribution in [2.75, 3.05) is 6.54 Å². The molecule has 0 spiro atoms. The maximum absolute atomic E-state index is 13.9. The van der Waals surface area contributed by atoms with E-state index >= 15 is 0 Å². The van der Waals surface area contributed by atoms with Crippen molar-refractivity contribution in [3.63, 3.8) is 0 Å². The molecule has 1 N–H and O–H groups in total. The fourth-order valence-electron chi connectivity index (χ4n) is 2.14. The van der Waals surface area contributed by atoms with Crippen LogP contribution in [0, 0.1) is 5.82 Å². The van der Waals surface area contributed by atoms with Crippen LogP contribution in [0.2, 0.25) is 0 Å². The Kier molecular flexibility index (Phi) is 5.31. The highest BCUT2D eigenvalue weighted by atomic mass is 79.9. The molecule has 108 valence electrons. The highest BCUT2D eigenvalue weighted by Crippen LogP contribution is 2.22. The minimum Gasteiger partial charge on any atom is -0.308 e. The van der Waals surface area contributed by atoms with Gasteiger partial charge >= 0.3 is 0 Å². The second-order valence-corrected chi connectivity index (χ2v) is 5.78. The van der Waals surface area contributed by atoms with Crippen molar-refractivity contribution < 1.29 is 4.39 Å². The first-order valence-electron chi connectivity index (χ1n) is 6.77. The maximum Gasteiger partial charge on any atom is 0.126 e. The number of halogens is 2. The summed E-state index contributed by atoms with van der Waals surface area (Å²) in [4.78, 5) is 0. The number of hydrogen-bond acceptors (Lipinski definition) is 2. The van der Waals surface area contributed by atoms with Crippen LogP contribution in [-0.2, 0) is 13.5 Å². The van der Waals surface area contributed by atoms with E-state index in [4.69, 9.17) is 0 Å². The Balaban J connectivity index is 2.21. The summed E-state index contributed by atoms with van der Waals surface area (Å²) in [5.41, 5.74) is 1.64. The van der Waals surface area contributed by atoms with Crippen LogP contribution in [0.15, 0.2) is 34.9 Å². The van der Waals surface area contributed by atoms with Crippen molar-refractivity contribution >= 4 is 15.9 Å². The summed E-state index contributed by atoms with van der Waals surface area (Å²) in [6, 6.07) is 7.05. The van der Waals surface area contributed by atoms with E-state index in [0.717, 1.165) is 23.1 Å². The molecule has 0 radical (unpaired) electrons. The third-order valence-corrected chi connectivity index (χ3v) is 3.66. The Hall–Kier alpha value is -1.20. The highest BCUT2D eigenvalue weighted by molar-refractivity contribution is 9.10. The van der Waals surface area contributed by atoms with Crippen LogP contribution < -0.4 is 5.32 Å². The van der Waals surface area contributed by atoms with Gasteiger partial charge in [-0.05, 0) is 49.2 Å².